The Labute approximate surface area is 115 Å². The zero-order chi connectivity index (χ0) is 13.5. The van der Waals surface area contributed by atoms with Crippen LogP contribution in [-0.2, 0) is 6.54 Å². The molecular formula is C13H18N2OS2. The Morgan fingerprint density at radius 3 is 2.78 bits per heavy atom. The molecular weight excluding hydrogens is 264 g/mol. The lowest BCUT2D eigenvalue weighted by Gasteiger charge is -2.27. The van der Waals surface area contributed by atoms with Gasteiger partial charge in [-0.25, -0.2) is 0 Å². The van der Waals surface area contributed by atoms with Gasteiger partial charge in [-0.1, -0.05) is 27.7 Å². The maximum Gasteiger partial charge on any atom is 0.272 e. The van der Waals surface area contributed by atoms with Crippen molar-refractivity contribution in [1.29, 1.82) is 0 Å². The van der Waals surface area contributed by atoms with E-state index in [9.17, 15) is 4.79 Å². The first-order valence-corrected chi connectivity index (χ1v) is 7.30. The average molecular weight is 282 g/mol. The molecule has 0 spiro atoms. The van der Waals surface area contributed by atoms with Gasteiger partial charge in [0, 0.05) is 6.54 Å². The summed E-state index contributed by atoms with van der Waals surface area (Å²) in [4.78, 5) is 15.5. The third kappa shape index (κ3) is 2.42. The van der Waals surface area contributed by atoms with Crippen LogP contribution in [0.1, 0.15) is 27.7 Å². The molecule has 0 aliphatic carbocycles. The molecule has 18 heavy (non-hydrogen) atoms. The maximum atomic E-state index is 12.4. The fourth-order valence-corrected chi connectivity index (χ4v) is 2.75. The summed E-state index contributed by atoms with van der Waals surface area (Å²) in [6, 6.07) is 1.90. The van der Waals surface area contributed by atoms with Crippen molar-refractivity contribution in [2.75, 3.05) is 0 Å². The summed E-state index contributed by atoms with van der Waals surface area (Å²) in [6.45, 7) is 9.35. The SMILES string of the molecule is CC(Cn1c(=S)[nH]c2ccsc2c1=O)C(C)(C)C. The third-order valence-corrected chi connectivity index (χ3v) is 4.75. The number of hydrogen-bond acceptors (Lipinski definition) is 3. The van der Waals surface area contributed by atoms with E-state index in [1.54, 1.807) is 4.57 Å². The standard InChI is InChI=1S/C13H18N2OS2/c1-8(13(2,3)4)7-15-11(16)10-9(5-6-18-10)14-12(15)17/h5-6,8H,7H2,1-4H3,(H,14,17). The monoisotopic (exact) mass is 282 g/mol. The molecule has 0 aliphatic rings. The van der Waals surface area contributed by atoms with Gasteiger partial charge in [-0.05, 0) is 35.0 Å². The topological polar surface area (TPSA) is 37.8 Å². The predicted molar refractivity (Wildman–Crippen MR) is 79.9 cm³/mol. The minimum Gasteiger partial charge on any atom is -0.331 e. The van der Waals surface area contributed by atoms with Crippen LogP contribution in [0.5, 0.6) is 0 Å². The molecule has 2 aromatic heterocycles. The van der Waals surface area contributed by atoms with Gasteiger partial charge in [-0.2, -0.15) is 0 Å². The molecule has 0 fully saturated rings. The second-order valence-corrected chi connectivity index (χ2v) is 7.08. The Kier molecular flexibility index (Phi) is 3.47. The molecule has 1 unspecified atom stereocenters. The molecule has 0 aromatic carbocycles. The second-order valence-electron chi connectivity index (χ2n) is 5.78. The van der Waals surface area contributed by atoms with Crippen LogP contribution < -0.4 is 5.56 Å². The molecule has 2 rings (SSSR count). The van der Waals surface area contributed by atoms with Gasteiger partial charge in [0.15, 0.2) is 4.77 Å². The van der Waals surface area contributed by atoms with Crippen LogP contribution in [-0.4, -0.2) is 9.55 Å². The zero-order valence-corrected chi connectivity index (χ0v) is 12.7. The lowest BCUT2D eigenvalue weighted by atomic mass is 9.82. The number of rotatable bonds is 2. The second kappa shape index (κ2) is 4.63. The highest BCUT2D eigenvalue weighted by atomic mass is 32.1. The molecule has 98 valence electrons. The molecule has 1 N–H and O–H groups in total. The van der Waals surface area contributed by atoms with Crippen LogP contribution in [0.25, 0.3) is 10.2 Å². The van der Waals surface area contributed by atoms with E-state index in [-0.39, 0.29) is 11.0 Å². The highest BCUT2D eigenvalue weighted by Gasteiger charge is 2.21. The number of aromatic amines is 1. The summed E-state index contributed by atoms with van der Waals surface area (Å²) in [5.41, 5.74) is 1.03. The van der Waals surface area contributed by atoms with E-state index < -0.39 is 0 Å². The largest absolute Gasteiger partial charge is 0.331 e. The number of H-pyrrole nitrogens is 1. The van der Waals surface area contributed by atoms with Crippen LogP contribution in [0.2, 0.25) is 0 Å². The summed E-state index contributed by atoms with van der Waals surface area (Å²) in [5, 5.41) is 1.91. The molecule has 5 heteroatoms. The van der Waals surface area contributed by atoms with Gasteiger partial charge in [-0.15, -0.1) is 11.3 Å². The zero-order valence-electron chi connectivity index (χ0n) is 11.1. The maximum absolute atomic E-state index is 12.4. The van der Waals surface area contributed by atoms with E-state index in [1.807, 2.05) is 11.4 Å². The third-order valence-electron chi connectivity index (χ3n) is 3.53. The first-order valence-electron chi connectivity index (χ1n) is 6.01. The summed E-state index contributed by atoms with van der Waals surface area (Å²) in [6.07, 6.45) is 0. The van der Waals surface area contributed by atoms with Gasteiger partial charge >= 0.3 is 0 Å². The fraction of sp³-hybridized carbons (Fsp3) is 0.538. The molecule has 0 saturated heterocycles. The van der Waals surface area contributed by atoms with Crippen molar-refractivity contribution in [1.82, 2.24) is 9.55 Å². The van der Waals surface area contributed by atoms with E-state index in [0.717, 1.165) is 10.2 Å². The smallest absolute Gasteiger partial charge is 0.272 e. The van der Waals surface area contributed by atoms with Crippen LogP contribution in [0.3, 0.4) is 0 Å². The van der Waals surface area contributed by atoms with Crippen molar-refractivity contribution in [3.63, 3.8) is 0 Å². The number of thiophene rings is 1. The average Bonchev–Trinajstić information content (AvgIpc) is 2.70. The lowest BCUT2D eigenvalue weighted by molar-refractivity contribution is 0.229. The van der Waals surface area contributed by atoms with Gasteiger partial charge in [0.25, 0.3) is 5.56 Å². The van der Waals surface area contributed by atoms with E-state index >= 15 is 0 Å². The summed E-state index contributed by atoms with van der Waals surface area (Å²) >= 11 is 6.75. The summed E-state index contributed by atoms with van der Waals surface area (Å²) in [7, 11) is 0. The predicted octanol–water partition coefficient (Wildman–Crippen LogP) is 3.80. The summed E-state index contributed by atoms with van der Waals surface area (Å²) in [5.74, 6) is 0.378. The Balaban J connectivity index is 2.52. The molecule has 0 amide bonds. The van der Waals surface area contributed by atoms with Crippen molar-refractivity contribution in [2.24, 2.45) is 11.3 Å². The van der Waals surface area contributed by atoms with Crippen molar-refractivity contribution in [3.8, 4) is 0 Å². The van der Waals surface area contributed by atoms with Crippen LogP contribution in [0.4, 0.5) is 0 Å². The van der Waals surface area contributed by atoms with Crippen LogP contribution in [0.15, 0.2) is 16.2 Å². The number of hydrogen-bond donors (Lipinski definition) is 1. The van der Waals surface area contributed by atoms with Crippen LogP contribution >= 0.6 is 23.6 Å². The Bertz CT molecular complexity index is 673. The highest BCUT2D eigenvalue weighted by molar-refractivity contribution is 7.71. The number of nitrogens with one attached hydrogen (secondary N) is 1. The van der Waals surface area contributed by atoms with Crippen molar-refractivity contribution in [3.05, 3.63) is 26.6 Å². The molecule has 3 nitrogen and oxygen atoms in total. The molecule has 0 saturated carbocycles. The van der Waals surface area contributed by atoms with Crippen molar-refractivity contribution in [2.45, 2.75) is 34.2 Å². The van der Waals surface area contributed by atoms with Crippen LogP contribution in [0, 0.1) is 16.1 Å². The first-order chi connectivity index (χ1) is 8.30. The molecule has 1 atom stereocenters. The molecule has 2 heterocycles. The van der Waals surface area contributed by atoms with Gasteiger partial charge in [0.05, 0.1) is 5.52 Å². The number of fused-ring (bicyclic) bond motifs is 1. The van der Waals surface area contributed by atoms with E-state index in [1.165, 1.54) is 11.3 Å². The van der Waals surface area contributed by atoms with E-state index in [0.29, 0.717) is 17.2 Å². The number of nitrogens with zero attached hydrogens (tertiary/aromatic N) is 1. The van der Waals surface area contributed by atoms with Gasteiger partial charge < -0.3 is 4.98 Å². The Hall–Kier alpha value is -0.940. The van der Waals surface area contributed by atoms with Gasteiger partial charge in [-0.3, -0.25) is 9.36 Å². The van der Waals surface area contributed by atoms with Crippen molar-refractivity contribution >= 4 is 33.8 Å². The Morgan fingerprint density at radius 1 is 1.50 bits per heavy atom. The molecule has 0 radical (unpaired) electrons. The van der Waals surface area contributed by atoms with Gasteiger partial charge in [0.2, 0.25) is 0 Å². The normalized spacial score (nSPS) is 14.0. The minimum absolute atomic E-state index is 0.0276. The molecule has 0 aliphatic heterocycles. The first kappa shape index (κ1) is 13.5. The van der Waals surface area contributed by atoms with Gasteiger partial charge in [0.1, 0.15) is 4.70 Å². The minimum atomic E-state index is 0.0276. The van der Waals surface area contributed by atoms with E-state index in [4.69, 9.17) is 12.2 Å². The quantitative estimate of drug-likeness (QED) is 0.851. The van der Waals surface area contributed by atoms with Crippen molar-refractivity contribution < 1.29 is 0 Å². The lowest BCUT2D eigenvalue weighted by Crippen LogP contribution is -2.29. The Morgan fingerprint density at radius 2 is 2.17 bits per heavy atom. The fourth-order valence-electron chi connectivity index (χ4n) is 1.68. The highest BCUT2D eigenvalue weighted by Crippen LogP contribution is 2.26. The van der Waals surface area contributed by atoms with E-state index in [2.05, 4.69) is 32.7 Å². The molecule has 2 aromatic rings. The number of aromatic nitrogens is 2. The molecule has 0 bridgehead atoms. The summed E-state index contributed by atoms with van der Waals surface area (Å²) < 4.78 is 2.95.